The Morgan fingerprint density at radius 2 is 2.06 bits per heavy atom. The highest BCUT2D eigenvalue weighted by molar-refractivity contribution is 5.91. The van der Waals surface area contributed by atoms with Crippen LogP contribution in [0.4, 0.5) is 0 Å². The maximum absolute atomic E-state index is 11.9. The van der Waals surface area contributed by atoms with Crippen LogP contribution in [0, 0.1) is 0 Å². The first-order valence-electron chi connectivity index (χ1n) is 6.18. The van der Waals surface area contributed by atoms with Gasteiger partial charge in [0.15, 0.2) is 0 Å². The van der Waals surface area contributed by atoms with Crippen molar-refractivity contribution in [1.29, 1.82) is 0 Å². The molecule has 0 saturated carbocycles. The number of methoxy groups -OCH3 is 1. The van der Waals surface area contributed by atoms with E-state index in [1.807, 2.05) is 31.3 Å². The second kappa shape index (κ2) is 8.66. The van der Waals surface area contributed by atoms with Crippen molar-refractivity contribution in [2.24, 2.45) is 0 Å². The molecule has 0 aliphatic carbocycles. The Morgan fingerprint density at radius 3 is 2.78 bits per heavy atom. The molecule has 1 aromatic rings. The third-order valence-corrected chi connectivity index (χ3v) is 2.61. The Kier molecular flexibility index (Phi) is 7.06. The first kappa shape index (κ1) is 14.7. The van der Waals surface area contributed by atoms with Crippen LogP contribution in [0.2, 0.25) is 0 Å². The SMILES string of the molecule is CNCCc1ccccc1C(=O)OCCCOC. The summed E-state index contributed by atoms with van der Waals surface area (Å²) in [5, 5.41) is 3.07. The average molecular weight is 251 g/mol. The molecule has 0 atom stereocenters. The van der Waals surface area contributed by atoms with Crippen molar-refractivity contribution in [3.8, 4) is 0 Å². The lowest BCUT2D eigenvalue weighted by Crippen LogP contribution is -2.15. The van der Waals surface area contributed by atoms with E-state index in [2.05, 4.69) is 5.32 Å². The number of carbonyl (C=O) groups is 1. The molecule has 0 spiro atoms. The van der Waals surface area contributed by atoms with E-state index < -0.39 is 0 Å². The molecule has 0 aliphatic heterocycles. The molecule has 0 amide bonds. The van der Waals surface area contributed by atoms with Gasteiger partial charge in [0.05, 0.1) is 12.2 Å². The van der Waals surface area contributed by atoms with Gasteiger partial charge < -0.3 is 14.8 Å². The number of benzene rings is 1. The van der Waals surface area contributed by atoms with Crippen molar-refractivity contribution < 1.29 is 14.3 Å². The molecule has 0 fully saturated rings. The van der Waals surface area contributed by atoms with Crippen LogP contribution in [0.25, 0.3) is 0 Å². The number of hydrogen-bond donors (Lipinski definition) is 1. The van der Waals surface area contributed by atoms with E-state index in [9.17, 15) is 4.79 Å². The Labute approximate surface area is 108 Å². The van der Waals surface area contributed by atoms with Crippen molar-refractivity contribution in [3.05, 3.63) is 35.4 Å². The highest BCUT2D eigenvalue weighted by Gasteiger charge is 2.11. The molecule has 1 aromatic carbocycles. The van der Waals surface area contributed by atoms with Crippen LogP contribution in [0.3, 0.4) is 0 Å². The van der Waals surface area contributed by atoms with Crippen LogP contribution < -0.4 is 5.32 Å². The van der Waals surface area contributed by atoms with Crippen LogP contribution in [-0.2, 0) is 15.9 Å². The molecule has 1 N–H and O–H groups in total. The molecule has 0 radical (unpaired) electrons. The molecule has 0 aromatic heterocycles. The maximum atomic E-state index is 11.9. The predicted octanol–water partition coefficient (Wildman–Crippen LogP) is 1.64. The zero-order valence-corrected chi connectivity index (χ0v) is 11.1. The fourth-order valence-corrected chi connectivity index (χ4v) is 1.64. The molecule has 0 unspecified atom stereocenters. The van der Waals surface area contributed by atoms with Crippen molar-refractivity contribution in [2.75, 3.05) is 33.9 Å². The fourth-order valence-electron chi connectivity index (χ4n) is 1.64. The molecule has 1 rings (SSSR count). The van der Waals surface area contributed by atoms with Gasteiger partial charge in [-0.2, -0.15) is 0 Å². The van der Waals surface area contributed by atoms with Crippen molar-refractivity contribution in [1.82, 2.24) is 5.32 Å². The number of esters is 1. The van der Waals surface area contributed by atoms with Crippen LogP contribution in [0.15, 0.2) is 24.3 Å². The molecule has 0 aliphatic rings. The Bertz CT molecular complexity index is 366. The highest BCUT2D eigenvalue weighted by atomic mass is 16.5. The van der Waals surface area contributed by atoms with Gasteiger partial charge in [-0.3, -0.25) is 0 Å². The van der Waals surface area contributed by atoms with Gasteiger partial charge in [0.25, 0.3) is 0 Å². The van der Waals surface area contributed by atoms with E-state index in [4.69, 9.17) is 9.47 Å². The van der Waals surface area contributed by atoms with Gasteiger partial charge in [-0.15, -0.1) is 0 Å². The second-order valence-corrected chi connectivity index (χ2v) is 3.99. The average Bonchev–Trinajstić information content (AvgIpc) is 2.41. The minimum Gasteiger partial charge on any atom is -0.462 e. The minimum absolute atomic E-state index is 0.252. The summed E-state index contributed by atoms with van der Waals surface area (Å²) in [5.41, 5.74) is 1.67. The molecule has 100 valence electrons. The third kappa shape index (κ3) is 4.85. The van der Waals surface area contributed by atoms with Crippen LogP contribution >= 0.6 is 0 Å². The number of hydrogen-bond acceptors (Lipinski definition) is 4. The Hall–Kier alpha value is -1.39. The third-order valence-electron chi connectivity index (χ3n) is 2.61. The monoisotopic (exact) mass is 251 g/mol. The lowest BCUT2D eigenvalue weighted by Gasteiger charge is -2.09. The standard InChI is InChI=1S/C14H21NO3/c1-15-9-8-12-6-3-4-7-13(12)14(16)18-11-5-10-17-2/h3-4,6-7,15H,5,8-11H2,1-2H3. The summed E-state index contributed by atoms with van der Waals surface area (Å²) in [7, 11) is 3.53. The van der Waals surface area contributed by atoms with E-state index >= 15 is 0 Å². The number of nitrogens with one attached hydrogen (secondary N) is 1. The summed E-state index contributed by atoms with van der Waals surface area (Å²) in [6.45, 7) is 1.84. The summed E-state index contributed by atoms with van der Waals surface area (Å²) in [6.07, 6.45) is 1.54. The van der Waals surface area contributed by atoms with E-state index in [0.29, 0.717) is 18.8 Å². The summed E-state index contributed by atoms with van der Waals surface area (Å²) < 4.78 is 10.1. The summed E-state index contributed by atoms with van der Waals surface area (Å²) in [5.74, 6) is -0.252. The van der Waals surface area contributed by atoms with Crippen LogP contribution in [0.5, 0.6) is 0 Å². The van der Waals surface area contributed by atoms with E-state index in [1.54, 1.807) is 7.11 Å². The van der Waals surface area contributed by atoms with E-state index in [-0.39, 0.29) is 5.97 Å². The lowest BCUT2D eigenvalue weighted by molar-refractivity contribution is 0.0467. The lowest BCUT2D eigenvalue weighted by atomic mass is 10.0. The van der Waals surface area contributed by atoms with Gasteiger partial charge in [0.1, 0.15) is 0 Å². The molecule has 0 heterocycles. The summed E-state index contributed by atoms with van der Waals surface area (Å²) in [6, 6.07) is 7.56. The largest absolute Gasteiger partial charge is 0.462 e. The first-order chi connectivity index (χ1) is 8.79. The maximum Gasteiger partial charge on any atom is 0.338 e. The van der Waals surface area contributed by atoms with Crippen LogP contribution in [0.1, 0.15) is 22.3 Å². The summed E-state index contributed by atoms with van der Waals surface area (Å²) >= 11 is 0. The van der Waals surface area contributed by atoms with Crippen LogP contribution in [-0.4, -0.2) is 39.9 Å². The second-order valence-electron chi connectivity index (χ2n) is 3.99. The smallest absolute Gasteiger partial charge is 0.338 e. The highest BCUT2D eigenvalue weighted by Crippen LogP contribution is 2.11. The quantitative estimate of drug-likeness (QED) is 0.563. The minimum atomic E-state index is -0.252. The van der Waals surface area contributed by atoms with Gasteiger partial charge >= 0.3 is 5.97 Å². The predicted molar refractivity (Wildman–Crippen MR) is 70.8 cm³/mol. The van der Waals surface area contributed by atoms with Gasteiger partial charge in [-0.25, -0.2) is 4.79 Å². The van der Waals surface area contributed by atoms with Gasteiger partial charge in [0, 0.05) is 20.1 Å². The molecule has 4 nitrogen and oxygen atoms in total. The van der Waals surface area contributed by atoms with Crippen molar-refractivity contribution in [2.45, 2.75) is 12.8 Å². The molecular weight excluding hydrogens is 230 g/mol. The first-order valence-corrected chi connectivity index (χ1v) is 6.18. The normalized spacial score (nSPS) is 10.3. The Morgan fingerprint density at radius 1 is 1.28 bits per heavy atom. The zero-order valence-electron chi connectivity index (χ0n) is 11.1. The number of likely N-dealkylation sites (N-methyl/N-ethyl adjacent to an activating group) is 1. The van der Waals surface area contributed by atoms with Gasteiger partial charge in [-0.1, -0.05) is 18.2 Å². The van der Waals surface area contributed by atoms with Crippen molar-refractivity contribution >= 4 is 5.97 Å². The Balaban J connectivity index is 2.55. The molecule has 18 heavy (non-hydrogen) atoms. The number of rotatable bonds is 8. The number of carbonyl (C=O) groups excluding carboxylic acids is 1. The fraction of sp³-hybridized carbons (Fsp3) is 0.500. The van der Waals surface area contributed by atoms with Gasteiger partial charge in [0.2, 0.25) is 0 Å². The molecule has 4 heteroatoms. The molecule has 0 bridgehead atoms. The summed E-state index contributed by atoms with van der Waals surface area (Å²) in [4.78, 5) is 11.9. The topological polar surface area (TPSA) is 47.6 Å². The molecule has 0 saturated heterocycles. The van der Waals surface area contributed by atoms with E-state index in [1.165, 1.54) is 0 Å². The zero-order chi connectivity index (χ0) is 13.2. The molecular formula is C14H21NO3. The van der Waals surface area contributed by atoms with Crippen molar-refractivity contribution in [3.63, 3.8) is 0 Å². The number of ether oxygens (including phenoxy) is 2. The van der Waals surface area contributed by atoms with Gasteiger partial charge in [-0.05, 0) is 31.6 Å². The van der Waals surface area contributed by atoms with E-state index in [0.717, 1.165) is 24.9 Å².